The first-order valence-electron chi connectivity index (χ1n) is 4.99. The van der Waals surface area contributed by atoms with Crippen molar-refractivity contribution >= 4 is 11.6 Å². The van der Waals surface area contributed by atoms with Crippen LogP contribution >= 0.6 is 0 Å². The topological polar surface area (TPSA) is 55.6 Å². The van der Waals surface area contributed by atoms with Crippen LogP contribution in [0.1, 0.15) is 10.4 Å². The van der Waals surface area contributed by atoms with Gasteiger partial charge < -0.3 is 15.4 Å². The minimum Gasteiger partial charge on any atom is -0.497 e. The Kier molecular flexibility index (Phi) is 4.05. The van der Waals surface area contributed by atoms with Crippen molar-refractivity contribution in [1.82, 2.24) is 4.90 Å². The Balaban J connectivity index is 2.93. The number of alkyl halides is 3. The molecule has 0 aliphatic carbocycles. The molecule has 1 aromatic carbocycles. The second kappa shape index (κ2) is 5.16. The summed E-state index contributed by atoms with van der Waals surface area (Å²) < 4.78 is 41.4. The molecule has 0 bridgehead atoms. The third-order valence-corrected chi connectivity index (χ3v) is 2.17. The number of nitrogens with zero attached hydrogens (tertiary/aromatic N) is 1. The van der Waals surface area contributed by atoms with Crippen LogP contribution in [0.5, 0.6) is 5.75 Å². The predicted octanol–water partition coefficient (Wildman–Crippen LogP) is 1.91. The molecule has 0 spiro atoms. The maximum absolute atomic E-state index is 12.2. The molecule has 4 nitrogen and oxygen atoms in total. The first-order chi connectivity index (χ1) is 8.23. The molecule has 100 valence electrons. The van der Waals surface area contributed by atoms with E-state index in [2.05, 4.69) is 0 Å². The van der Waals surface area contributed by atoms with Crippen molar-refractivity contribution in [2.45, 2.75) is 6.18 Å². The zero-order valence-corrected chi connectivity index (χ0v) is 9.91. The third kappa shape index (κ3) is 3.83. The number of methoxy groups -OCH3 is 1. The van der Waals surface area contributed by atoms with E-state index in [1.165, 1.54) is 25.3 Å². The van der Waals surface area contributed by atoms with Gasteiger partial charge in [-0.2, -0.15) is 13.2 Å². The highest BCUT2D eigenvalue weighted by Crippen LogP contribution is 2.21. The number of halogens is 3. The number of rotatable bonds is 3. The van der Waals surface area contributed by atoms with Crippen LogP contribution in [0.2, 0.25) is 0 Å². The average molecular weight is 262 g/mol. The highest BCUT2D eigenvalue weighted by atomic mass is 19.4. The first kappa shape index (κ1) is 14.1. The van der Waals surface area contributed by atoms with Crippen molar-refractivity contribution in [1.29, 1.82) is 0 Å². The molecule has 1 rings (SSSR count). The lowest BCUT2D eigenvalue weighted by atomic mass is 10.1. The summed E-state index contributed by atoms with van der Waals surface area (Å²) in [4.78, 5) is 12.3. The van der Waals surface area contributed by atoms with Crippen molar-refractivity contribution in [2.24, 2.45) is 0 Å². The summed E-state index contributed by atoms with van der Waals surface area (Å²) in [6.07, 6.45) is -4.44. The molecule has 0 fully saturated rings. The molecular weight excluding hydrogens is 249 g/mol. The molecule has 0 saturated carbocycles. The van der Waals surface area contributed by atoms with Crippen LogP contribution in [0, 0.1) is 0 Å². The summed E-state index contributed by atoms with van der Waals surface area (Å²) in [6, 6.07) is 4.11. The number of hydrogen-bond acceptors (Lipinski definition) is 3. The maximum atomic E-state index is 12.2. The van der Waals surface area contributed by atoms with Crippen LogP contribution < -0.4 is 10.5 Å². The molecule has 0 atom stereocenters. The number of nitrogens with two attached hydrogens (primary N) is 1. The fourth-order valence-electron chi connectivity index (χ4n) is 1.42. The Morgan fingerprint density at radius 1 is 1.39 bits per heavy atom. The summed E-state index contributed by atoms with van der Waals surface area (Å²) in [7, 11) is 2.45. The van der Waals surface area contributed by atoms with Gasteiger partial charge in [0.2, 0.25) is 0 Å². The average Bonchev–Trinajstić information content (AvgIpc) is 2.24. The highest BCUT2D eigenvalue weighted by Gasteiger charge is 2.31. The van der Waals surface area contributed by atoms with E-state index in [9.17, 15) is 18.0 Å². The monoisotopic (exact) mass is 262 g/mol. The standard InChI is InChI=1S/C11H13F3N2O2/c1-16(6-11(12,13)14)10(17)7-3-8(15)5-9(4-7)18-2/h3-5H,6,15H2,1-2H3. The lowest BCUT2D eigenvalue weighted by molar-refractivity contribution is -0.138. The van der Waals surface area contributed by atoms with Gasteiger partial charge in [0.25, 0.3) is 5.91 Å². The SMILES string of the molecule is COc1cc(N)cc(C(=O)N(C)CC(F)(F)F)c1. The van der Waals surface area contributed by atoms with Gasteiger partial charge in [0.1, 0.15) is 12.3 Å². The van der Waals surface area contributed by atoms with Crippen molar-refractivity contribution in [2.75, 3.05) is 26.4 Å². The number of nitrogen functional groups attached to an aromatic ring is 1. The van der Waals surface area contributed by atoms with Crippen molar-refractivity contribution < 1.29 is 22.7 Å². The molecule has 7 heteroatoms. The molecule has 0 saturated heterocycles. The second-order valence-corrected chi connectivity index (χ2v) is 3.77. The van der Waals surface area contributed by atoms with Gasteiger partial charge in [-0.15, -0.1) is 0 Å². The van der Waals surface area contributed by atoms with Crippen LogP contribution in [0.25, 0.3) is 0 Å². The van der Waals surface area contributed by atoms with E-state index < -0.39 is 18.6 Å². The molecule has 0 unspecified atom stereocenters. The fraction of sp³-hybridized carbons (Fsp3) is 0.364. The van der Waals surface area contributed by atoms with Crippen LogP contribution in [0.3, 0.4) is 0 Å². The summed E-state index contributed by atoms with van der Waals surface area (Å²) in [5.74, 6) is -0.448. The smallest absolute Gasteiger partial charge is 0.406 e. The van der Waals surface area contributed by atoms with Gasteiger partial charge in [-0.1, -0.05) is 0 Å². The molecule has 2 N–H and O–H groups in total. The van der Waals surface area contributed by atoms with Crippen LogP contribution in [-0.4, -0.2) is 37.7 Å². The molecule has 0 heterocycles. The van der Waals surface area contributed by atoms with Crippen LogP contribution in [-0.2, 0) is 0 Å². The van der Waals surface area contributed by atoms with E-state index in [0.29, 0.717) is 10.6 Å². The highest BCUT2D eigenvalue weighted by molar-refractivity contribution is 5.95. The third-order valence-electron chi connectivity index (χ3n) is 2.17. The Morgan fingerprint density at radius 3 is 2.50 bits per heavy atom. The van der Waals surface area contributed by atoms with E-state index in [0.717, 1.165) is 7.05 Å². The largest absolute Gasteiger partial charge is 0.497 e. The van der Waals surface area contributed by atoms with Gasteiger partial charge >= 0.3 is 6.18 Å². The van der Waals surface area contributed by atoms with E-state index in [1.54, 1.807) is 0 Å². The zero-order valence-electron chi connectivity index (χ0n) is 9.91. The summed E-state index contributed by atoms with van der Waals surface area (Å²) >= 11 is 0. The Morgan fingerprint density at radius 2 is 2.00 bits per heavy atom. The number of ether oxygens (including phenoxy) is 1. The van der Waals surface area contributed by atoms with Crippen molar-refractivity contribution in [3.63, 3.8) is 0 Å². The number of hydrogen-bond donors (Lipinski definition) is 1. The second-order valence-electron chi connectivity index (χ2n) is 3.77. The Hall–Kier alpha value is -1.92. The minimum absolute atomic E-state index is 0.0543. The molecule has 0 aromatic heterocycles. The van der Waals surface area contributed by atoms with E-state index in [-0.39, 0.29) is 11.3 Å². The summed E-state index contributed by atoms with van der Waals surface area (Å²) in [5.41, 5.74) is 5.83. The Labute approximate surface area is 102 Å². The van der Waals surface area contributed by atoms with Crippen LogP contribution in [0.15, 0.2) is 18.2 Å². The minimum atomic E-state index is -4.44. The molecule has 0 radical (unpaired) electrons. The van der Waals surface area contributed by atoms with Gasteiger partial charge in [0.05, 0.1) is 7.11 Å². The van der Waals surface area contributed by atoms with Gasteiger partial charge in [-0.05, 0) is 12.1 Å². The number of amides is 1. The lowest BCUT2D eigenvalue weighted by Gasteiger charge is -2.19. The maximum Gasteiger partial charge on any atom is 0.406 e. The predicted molar refractivity (Wildman–Crippen MR) is 60.4 cm³/mol. The zero-order chi connectivity index (χ0) is 13.9. The number of carbonyl (C=O) groups excluding carboxylic acids is 1. The molecule has 0 aliphatic heterocycles. The van der Waals surface area contributed by atoms with Gasteiger partial charge in [-0.25, -0.2) is 0 Å². The van der Waals surface area contributed by atoms with Crippen molar-refractivity contribution in [3.05, 3.63) is 23.8 Å². The fourth-order valence-corrected chi connectivity index (χ4v) is 1.42. The van der Waals surface area contributed by atoms with Crippen LogP contribution in [0.4, 0.5) is 18.9 Å². The Bertz CT molecular complexity index is 446. The first-order valence-corrected chi connectivity index (χ1v) is 4.99. The normalized spacial score (nSPS) is 11.2. The quantitative estimate of drug-likeness (QED) is 0.846. The van der Waals surface area contributed by atoms with Crippen molar-refractivity contribution in [3.8, 4) is 5.75 Å². The number of carbonyl (C=O) groups is 1. The lowest BCUT2D eigenvalue weighted by Crippen LogP contribution is -2.35. The van der Waals surface area contributed by atoms with E-state index >= 15 is 0 Å². The molecule has 1 amide bonds. The molecular formula is C11H13F3N2O2. The molecule has 0 aliphatic rings. The number of benzene rings is 1. The van der Waals surface area contributed by atoms with Gasteiger partial charge in [0.15, 0.2) is 0 Å². The van der Waals surface area contributed by atoms with E-state index in [1.807, 2.05) is 0 Å². The summed E-state index contributed by atoms with van der Waals surface area (Å²) in [6.45, 7) is -1.32. The van der Waals surface area contributed by atoms with Gasteiger partial charge in [0, 0.05) is 24.4 Å². The molecule has 1 aromatic rings. The van der Waals surface area contributed by atoms with Gasteiger partial charge in [-0.3, -0.25) is 4.79 Å². The molecule has 18 heavy (non-hydrogen) atoms. The number of anilines is 1. The summed E-state index contributed by atoms with van der Waals surface area (Å²) in [5, 5.41) is 0. The van der Waals surface area contributed by atoms with E-state index in [4.69, 9.17) is 10.5 Å².